The number of hydrogen-bond acceptors (Lipinski definition) is 6. The minimum Gasteiger partial charge on any atom is -0.344 e. The van der Waals surface area contributed by atoms with E-state index in [9.17, 15) is 0 Å². The molecule has 1 saturated heterocycles. The van der Waals surface area contributed by atoms with Crippen LogP contribution in [0.15, 0.2) is 42.6 Å². The van der Waals surface area contributed by atoms with Gasteiger partial charge in [0.15, 0.2) is 0 Å². The maximum Gasteiger partial charge on any atom is 0.218 e. The fourth-order valence-electron chi connectivity index (χ4n) is 3.22. The van der Waals surface area contributed by atoms with Crippen LogP contribution in [0.3, 0.4) is 0 Å². The molecule has 0 unspecified atom stereocenters. The Labute approximate surface area is 164 Å². The Bertz CT molecular complexity index is 861. The molecule has 27 heavy (non-hydrogen) atoms. The minimum absolute atomic E-state index is 0.796. The molecule has 2 aromatic heterocycles. The molecule has 1 N–H and O–H groups in total. The number of benzene rings is 1. The standard InChI is InChI=1S/C20H26N6S/c1-16-5-7-17(8-6-16)14-21-15-18-4-3-9-26(18)20-23-22-19(27-20)25-12-10-24(2)11-13-25/h3-9,21H,10-15H2,1-2H3. The van der Waals surface area contributed by atoms with Gasteiger partial charge in [0.05, 0.1) is 0 Å². The van der Waals surface area contributed by atoms with E-state index >= 15 is 0 Å². The van der Waals surface area contributed by atoms with Crippen LogP contribution in [0.5, 0.6) is 0 Å². The van der Waals surface area contributed by atoms with Crippen LogP contribution in [0.4, 0.5) is 5.13 Å². The fraction of sp³-hybridized carbons (Fsp3) is 0.400. The van der Waals surface area contributed by atoms with Gasteiger partial charge in [-0.15, -0.1) is 10.2 Å². The summed E-state index contributed by atoms with van der Waals surface area (Å²) in [6.07, 6.45) is 2.07. The highest BCUT2D eigenvalue weighted by molar-refractivity contribution is 7.17. The summed E-state index contributed by atoms with van der Waals surface area (Å²) in [5.74, 6) is 0. The summed E-state index contributed by atoms with van der Waals surface area (Å²) in [4.78, 5) is 4.68. The Hall–Kier alpha value is -2.22. The topological polar surface area (TPSA) is 49.2 Å². The van der Waals surface area contributed by atoms with Gasteiger partial charge in [-0.25, -0.2) is 0 Å². The number of aromatic nitrogens is 3. The van der Waals surface area contributed by atoms with Crippen molar-refractivity contribution in [2.45, 2.75) is 20.0 Å². The molecule has 3 aromatic rings. The molecule has 7 heteroatoms. The summed E-state index contributed by atoms with van der Waals surface area (Å²) in [6, 6.07) is 12.9. The second-order valence-electron chi connectivity index (χ2n) is 7.12. The largest absolute Gasteiger partial charge is 0.344 e. The first-order chi connectivity index (χ1) is 13.2. The molecule has 0 bridgehead atoms. The Morgan fingerprint density at radius 1 is 0.963 bits per heavy atom. The van der Waals surface area contributed by atoms with Gasteiger partial charge in [0.25, 0.3) is 0 Å². The van der Waals surface area contributed by atoms with Crippen molar-refractivity contribution in [3.8, 4) is 5.13 Å². The van der Waals surface area contributed by atoms with Crippen LogP contribution in [0, 0.1) is 6.92 Å². The summed E-state index contributed by atoms with van der Waals surface area (Å²) in [5.41, 5.74) is 3.79. The Kier molecular flexibility index (Phi) is 5.52. The molecule has 0 amide bonds. The SMILES string of the molecule is Cc1ccc(CNCc2cccn2-c2nnc(N3CCN(C)CC3)s2)cc1. The Morgan fingerprint density at radius 2 is 1.70 bits per heavy atom. The lowest BCUT2D eigenvalue weighted by molar-refractivity contribution is 0.312. The molecule has 4 rings (SSSR count). The quantitative estimate of drug-likeness (QED) is 0.710. The summed E-state index contributed by atoms with van der Waals surface area (Å²) >= 11 is 1.66. The summed E-state index contributed by atoms with van der Waals surface area (Å²) in [6.45, 7) is 7.95. The molecule has 1 aliphatic heterocycles. The summed E-state index contributed by atoms with van der Waals surface area (Å²) in [7, 11) is 2.17. The van der Waals surface area contributed by atoms with Crippen LogP contribution in [0.2, 0.25) is 0 Å². The zero-order valence-electron chi connectivity index (χ0n) is 15.9. The van der Waals surface area contributed by atoms with Gasteiger partial charge in [-0.05, 0) is 31.7 Å². The van der Waals surface area contributed by atoms with Crippen molar-refractivity contribution in [3.63, 3.8) is 0 Å². The van der Waals surface area contributed by atoms with Crippen LogP contribution in [-0.4, -0.2) is 52.9 Å². The third-order valence-corrected chi connectivity index (χ3v) is 5.96. The number of likely N-dealkylation sites (N-methyl/N-ethyl adjacent to an activating group) is 1. The first-order valence-corrected chi connectivity index (χ1v) is 10.2. The average Bonchev–Trinajstić information content (AvgIpc) is 3.33. The number of nitrogens with one attached hydrogen (secondary N) is 1. The van der Waals surface area contributed by atoms with E-state index in [1.807, 2.05) is 0 Å². The number of rotatable bonds is 6. The maximum atomic E-state index is 4.44. The molecular formula is C20H26N6S. The molecule has 6 nitrogen and oxygen atoms in total. The van der Waals surface area contributed by atoms with E-state index in [4.69, 9.17) is 0 Å². The van der Waals surface area contributed by atoms with Crippen LogP contribution in [0.1, 0.15) is 16.8 Å². The van der Waals surface area contributed by atoms with Crippen LogP contribution in [0.25, 0.3) is 5.13 Å². The number of hydrogen-bond donors (Lipinski definition) is 1. The monoisotopic (exact) mass is 382 g/mol. The van der Waals surface area contributed by atoms with E-state index < -0.39 is 0 Å². The van der Waals surface area contributed by atoms with Crippen molar-refractivity contribution in [1.82, 2.24) is 25.0 Å². The molecule has 0 radical (unpaired) electrons. The molecule has 0 aliphatic carbocycles. The normalized spacial score (nSPS) is 15.4. The third-order valence-electron chi connectivity index (χ3n) is 4.97. The van der Waals surface area contributed by atoms with Gasteiger partial charge in [0.2, 0.25) is 10.3 Å². The third kappa shape index (κ3) is 4.37. The Morgan fingerprint density at radius 3 is 2.48 bits per heavy atom. The van der Waals surface area contributed by atoms with Crippen molar-refractivity contribution >= 4 is 16.5 Å². The van der Waals surface area contributed by atoms with Crippen molar-refractivity contribution in [2.75, 3.05) is 38.1 Å². The van der Waals surface area contributed by atoms with Gasteiger partial charge >= 0.3 is 0 Å². The van der Waals surface area contributed by atoms with Gasteiger partial charge in [0.1, 0.15) is 0 Å². The number of anilines is 1. The van der Waals surface area contributed by atoms with Gasteiger partial charge in [-0.3, -0.25) is 4.57 Å². The van der Waals surface area contributed by atoms with E-state index in [2.05, 4.69) is 86.4 Å². The fourth-order valence-corrected chi connectivity index (χ4v) is 4.13. The van der Waals surface area contributed by atoms with E-state index in [0.29, 0.717) is 0 Å². The number of nitrogens with zero attached hydrogens (tertiary/aromatic N) is 5. The van der Waals surface area contributed by atoms with E-state index in [0.717, 1.165) is 49.5 Å². The van der Waals surface area contributed by atoms with Gasteiger partial charge in [-0.1, -0.05) is 41.2 Å². The molecule has 142 valence electrons. The van der Waals surface area contributed by atoms with Gasteiger partial charge in [-0.2, -0.15) is 0 Å². The zero-order chi connectivity index (χ0) is 18.6. The first kappa shape index (κ1) is 18.2. The first-order valence-electron chi connectivity index (χ1n) is 9.39. The smallest absolute Gasteiger partial charge is 0.218 e. The van der Waals surface area contributed by atoms with Crippen LogP contribution >= 0.6 is 11.3 Å². The summed E-state index contributed by atoms with van der Waals surface area (Å²) in [5, 5.41) is 14.3. The van der Waals surface area contributed by atoms with E-state index in [-0.39, 0.29) is 0 Å². The summed E-state index contributed by atoms with van der Waals surface area (Å²) < 4.78 is 2.14. The molecule has 1 aromatic carbocycles. The predicted octanol–water partition coefficient (Wildman–Crippen LogP) is 2.68. The van der Waals surface area contributed by atoms with E-state index in [1.54, 1.807) is 11.3 Å². The molecule has 0 atom stereocenters. The zero-order valence-corrected chi connectivity index (χ0v) is 16.7. The second kappa shape index (κ2) is 8.21. The minimum atomic E-state index is 0.796. The van der Waals surface area contributed by atoms with Crippen molar-refractivity contribution in [3.05, 3.63) is 59.4 Å². The highest BCUT2D eigenvalue weighted by Crippen LogP contribution is 2.25. The van der Waals surface area contributed by atoms with Crippen LogP contribution in [-0.2, 0) is 13.1 Å². The molecule has 0 spiro atoms. The molecule has 1 aliphatic rings. The lowest BCUT2D eigenvalue weighted by atomic mass is 10.1. The highest BCUT2D eigenvalue weighted by Gasteiger charge is 2.18. The van der Waals surface area contributed by atoms with Crippen molar-refractivity contribution in [1.29, 1.82) is 0 Å². The molecule has 1 fully saturated rings. The number of aryl methyl sites for hydroxylation is 1. The molecule has 0 saturated carbocycles. The highest BCUT2D eigenvalue weighted by atomic mass is 32.1. The number of piperazine rings is 1. The maximum absolute atomic E-state index is 4.44. The Balaban J connectivity index is 1.39. The lowest BCUT2D eigenvalue weighted by Crippen LogP contribution is -2.44. The van der Waals surface area contributed by atoms with Gasteiger partial charge < -0.3 is 15.1 Å². The van der Waals surface area contributed by atoms with Gasteiger partial charge in [0, 0.05) is 51.2 Å². The molecule has 3 heterocycles. The van der Waals surface area contributed by atoms with Crippen LogP contribution < -0.4 is 10.2 Å². The predicted molar refractivity (Wildman–Crippen MR) is 111 cm³/mol. The van der Waals surface area contributed by atoms with Crippen molar-refractivity contribution < 1.29 is 0 Å². The van der Waals surface area contributed by atoms with E-state index in [1.165, 1.54) is 16.8 Å². The molecular weight excluding hydrogens is 356 g/mol. The second-order valence-corrected chi connectivity index (χ2v) is 8.05. The average molecular weight is 383 g/mol. The van der Waals surface area contributed by atoms with Crippen molar-refractivity contribution in [2.24, 2.45) is 0 Å². The lowest BCUT2D eigenvalue weighted by Gasteiger charge is -2.31.